The highest BCUT2D eigenvalue weighted by Gasteiger charge is 2.22. The van der Waals surface area contributed by atoms with Crippen LogP contribution in [0.25, 0.3) is 0 Å². The number of hydrogen-bond acceptors (Lipinski definition) is 3. The van der Waals surface area contributed by atoms with E-state index in [0.717, 1.165) is 24.2 Å². The van der Waals surface area contributed by atoms with E-state index in [1.54, 1.807) is 23.1 Å². The van der Waals surface area contributed by atoms with E-state index >= 15 is 0 Å². The fourth-order valence-electron chi connectivity index (χ4n) is 2.76. The van der Waals surface area contributed by atoms with Gasteiger partial charge in [-0.25, -0.2) is 4.79 Å². The summed E-state index contributed by atoms with van der Waals surface area (Å²) in [6, 6.07) is 17.2. The minimum Gasteiger partial charge on any atom is -0.486 e. The number of hydrogen-bond donors (Lipinski definition) is 0. The van der Waals surface area contributed by atoms with Crippen molar-refractivity contribution in [2.75, 3.05) is 6.54 Å². The van der Waals surface area contributed by atoms with Crippen molar-refractivity contribution in [1.82, 2.24) is 4.90 Å². The van der Waals surface area contributed by atoms with Crippen LogP contribution < -0.4 is 4.74 Å². The number of nitrogens with zero attached hydrogens (tertiary/aromatic N) is 1. The van der Waals surface area contributed by atoms with E-state index in [1.165, 1.54) is 0 Å². The Kier molecular flexibility index (Phi) is 8.59. The Hall–Kier alpha value is -2.46. The van der Waals surface area contributed by atoms with Crippen molar-refractivity contribution in [3.05, 3.63) is 77.8 Å². The van der Waals surface area contributed by atoms with Gasteiger partial charge < -0.3 is 14.4 Å². The SMILES string of the molecule is C=CC(CCCN(Cc1ccccc1)C(=O)OC(C)(C)C)Oc1ccc(Cl)cc1. The number of halogens is 1. The van der Waals surface area contributed by atoms with Crippen LogP contribution >= 0.6 is 11.6 Å². The summed E-state index contributed by atoms with van der Waals surface area (Å²) < 4.78 is 11.5. The maximum atomic E-state index is 12.7. The molecule has 0 heterocycles. The first-order chi connectivity index (χ1) is 13.8. The molecule has 0 N–H and O–H groups in total. The molecule has 0 saturated carbocycles. The number of carbonyl (C=O) groups excluding carboxylic acids is 1. The fourth-order valence-corrected chi connectivity index (χ4v) is 2.89. The summed E-state index contributed by atoms with van der Waals surface area (Å²) in [5.41, 5.74) is 0.531. The molecule has 0 aromatic heterocycles. The lowest BCUT2D eigenvalue weighted by Gasteiger charge is -2.28. The van der Waals surface area contributed by atoms with Gasteiger partial charge in [0.25, 0.3) is 0 Å². The number of benzene rings is 2. The Morgan fingerprint density at radius 3 is 2.38 bits per heavy atom. The van der Waals surface area contributed by atoms with Crippen LogP contribution in [-0.2, 0) is 11.3 Å². The molecule has 0 radical (unpaired) electrons. The maximum Gasteiger partial charge on any atom is 0.410 e. The highest BCUT2D eigenvalue weighted by molar-refractivity contribution is 6.30. The predicted molar refractivity (Wildman–Crippen MR) is 118 cm³/mol. The van der Waals surface area contributed by atoms with Gasteiger partial charge in [0.05, 0.1) is 0 Å². The van der Waals surface area contributed by atoms with Gasteiger partial charge in [0.15, 0.2) is 0 Å². The second kappa shape index (κ2) is 10.9. The van der Waals surface area contributed by atoms with E-state index in [9.17, 15) is 4.79 Å². The van der Waals surface area contributed by atoms with Crippen molar-refractivity contribution in [3.63, 3.8) is 0 Å². The van der Waals surface area contributed by atoms with Gasteiger partial charge in [0.1, 0.15) is 17.5 Å². The maximum absolute atomic E-state index is 12.7. The van der Waals surface area contributed by atoms with Gasteiger partial charge in [-0.2, -0.15) is 0 Å². The average molecular weight is 416 g/mol. The smallest absolute Gasteiger partial charge is 0.410 e. The largest absolute Gasteiger partial charge is 0.486 e. The Labute approximate surface area is 179 Å². The van der Waals surface area contributed by atoms with E-state index in [-0.39, 0.29) is 12.2 Å². The zero-order chi connectivity index (χ0) is 21.3. The van der Waals surface area contributed by atoms with Crippen LogP contribution in [0.3, 0.4) is 0 Å². The van der Waals surface area contributed by atoms with Crippen molar-refractivity contribution >= 4 is 17.7 Å². The van der Waals surface area contributed by atoms with E-state index in [0.29, 0.717) is 18.1 Å². The third-order valence-electron chi connectivity index (χ3n) is 4.15. The minimum atomic E-state index is -0.534. The van der Waals surface area contributed by atoms with Crippen LogP contribution in [0.4, 0.5) is 4.79 Å². The first-order valence-corrected chi connectivity index (χ1v) is 10.2. The van der Waals surface area contributed by atoms with Gasteiger partial charge in [-0.3, -0.25) is 0 Å². The van der Waals surface area contributed by atoms with Crippen molar-refractivity contribution in [3.8, 4) is 5.75 Å². The molecule has 1 unspecified atom stereocenters. The first-order valence-electron chi connectivity index (χ1n) is 9.83. The molecule has 2 aromatic carbocycles. The van der Waals surface area contributed by atoms with Gasteiger partial charge in [-0.05, 0) is 63.4 Å². The lowest BCUT2D eigenvalue weighted by Crippen LogP contribution is -2.37. The molecule has 29 heavy (non-hydrogen) atoms. The van der Waals surface area contributed by atoms with Crippen molar-refractivity contribution < 1.29 is 14.3 Å². The molecule has 0 spiro atoms. The van der Waals surface area contributed by atoms with E-state index in [4.69, 9.17) is 21.1 Å². The lowest BCUT2D eigenvalue weighted by molar-refractivity contribution is 0.0226. The molecule has 0 saturated heterocycles. The van der Waals surface area contributed by atoms with Gasteiger partial charge in [0.2, 0.25) is 0 Å². The number of carbonyl (C=O) groups is 1. The zero-order valence-corrected chi connectivity index (χ0v) is 18.2. The second-order valence-corrected chi connectivity index (χ2v) is 8.31. The summed E-state index contributed by atoms with van der Waals surface area (Å²) in [4.78, 5) is 14.4. The van der Waals surface area contributed by atoms with Crippen molar-refractivity contribution in [2.45, 2.75) is 51.9 Å². The second-order valence-electron chi connectivity index (χ2n) is 7.88. The van der Waals surface area contributed by atoms with Gasteiger partial charge in [-0.1, -0.05) is 54.6 Å². The summed E-state index contributed by atoms with van der Waals surface area (Å²) in [5.74, 6) is 0.743. The molecule has 1 atom stereocenters. The Morgan fingerprint density at radius 1 is 1.14 bits per heavy atom. The third-order valence-corrected chi connectivity index (χ3v) is 4.40. The van der Waals surface area contributed by atoms with Crippen LogP contribution in [0.1, 0.15) is 39.2 Å². The predicted octanol–water partition coefficient (Wildman–Crippen LogP) is 6.49. The molecule has 4 nitrogen and oxygen atoms in total. The van der Waals surface area contributed by atoms with Crippen LogP contribution in [0.2, 0.25) is 5.02 Å². The van der Waals surface area contributed by atoms with Gasteiger partial charge in [-0.15, -0.1) is 0 Å². The topological polar surface area (TPSA) is 38.8 Å². The molecule has 156 valence electrons. The van der Waals surface area contributed by atoms with Gasteiger partial charge in [0, 0.05) is 18.1 Å². The summed E-state index contributed by atoms with van der Waals surface area (Å²) in [5, 5.41) is 0.668. The summed E-state index contributed by atoms with van der Waals surface area (Å²) in [6.07, 6.45) is 2.82. The normalized spacial score (nSPS) is 12.1. The van der Waals surface area contributed by atoms with Crippen LogP contribution in [0.5, 0.6) is 5.75 Å². The lowest BCUT2D eigenvalue weighted by atomic mass is 10.1. The van der Waals surface area contributed by atoms with Crippen molar-refractivity contribution in [2.24, 2.45) is 0 Å². The summed E-state index contributed by atoms with van der Waals surface area (Å²) in [6.45, 7) is 10.6. The van der Waals surface area contributed by atoms with E-state index < -0.39 is 5.60 Å². The van der Waals surface area contributed by atoms with Crippen LogP contribution in [-0.4, -0.2) is 29.2 Å². The summed E-state index contributed by atoms with van der Waals surface area (Å²) >= 11 is 5.92. The molecule has 2 aromatic rings. The monoisotopic (exact) mass is 415 g/mol. The zero-order valence-electron chi connectivity index (χ0n) is 17.4. The molecule has 0 aliphatic carbocycles. The van der Waals surface area contributed by atoms with E-state index in [2.05, 4.69) is 6.58 Å². The van der Waals surface area contributed by atoms with Crippen molar-refractivity contribution in [1.29, 1.82) is 0 Å². The first kappa shape index (κ1) is 22.8. The quantitative estimate of drug-likeness (QED) is 0.439. The van der Waals surface area contributed by atoms with Crippen LogP contribution in [0.15, 0.2) is 67.3 Å². The van der Waals surface area contributed by atoms with Crippen LogP contribution in [0, 0.1) is 0 Å². The summed E-state index contributed by atoms with van der Waals surface area (Å²) in [7, 11) is 0. The Bertz CT molecular complexity index is 769. The van der Waals surface area contributed by atoms with E-state index in [1.807, 2.05) is 63.2 Å². The third kappa shape index (κ3) is 8.61. The average Bonchev–Trinajstić information content (AvgIpc) is 2.67. The molecule has 1 amide bonds. The molecular formula is C24H30ClNO3. The molecule has 0 aliphatic rings. The van der Waals surface area contributed by atoms with Gasteiger partial charge >= 0.3 is 6.09 Å². The fraction of sp³-hybridized carbons (Fsp3) is 0.375. The molecule has 2 rings (SSSR count). The number of rotatable bonds is 9. The highest BCUT2D eigenvalue weighted by Crippen LogP contribution is 2.19. The Balaban J connectivity index is 1.95. The standard InChI is InChI=1S/C24H30ClNO3/c1-5-21(28-22-15-13-20(25)14-16-22)12-9-17-26(23(27)29-24(2,3)4)18-19-10-7-6-8-11-19/h5-8,10-11,13-16,21H,1,9,12,17-18H2,2-4H3. The number of amides is 1. The number of ether oxygens (including phenoxy) is 2. The molecule has 0 fully saturated rings. The Morgan fingerprint density at radius 2 is 1.79 bits per heavy atom. The molecule has 0 bridgehead atoms. The minimum absolute atomic E-state index is 0.145. The molecule has 5 heteroatoms. The molecule has 0 aliphatic heterocycles. The highest BCUT2D eigenvalue weighted by atomic mass is 35.5. The molecular weight excluding hydrogens is 386 g/mol.